The molecule has 86 valence electrons. The van der Waals surface area contributed by atoms with Crippen molar-refractivity contribution in [2.75, 3.05) is 0 Å². The van der Waals surface area contributed by atoms with Crippen molar-refractivity contribution in [1.82, 2.24) is 14.8 Å². The van der Waals surface area contributed by atoms with Crippen LogP contribution in [0, 0.1) is 25.2 Å². The van der Waals surface area contributed by atoms with E-state index in [0.29, 0.717) is 5.57 Å². The lowest BCUT2D eigenvalue weighted by Crippen LogP contribution is -1.93. The zero-order chi connectivity index (χ0) is 12.4. The highest BCUT2D eigenvalue weighted by Gasteiger charge is 2.07. The van der Waals surface area contributed by atoms with Crippen LogP contribution in [0.2, 0.25) is 0 Å². The van der Waals surface area contributed by atoms with Crippen LogP contribution in [0.15, 0.2) is 11.4 Å². The minimum absolute atomic E-state index is 0.575. The molecule has 0 aromatic carbocycles. The van der Waals surface area contributed by atoms with Crippen molar-refractivity contribution in [1.29, 1.82) is 5.26 Å². The lowest BCUT2D eigenvalue weighted by atomic mass is 10.2. The number of aryl methyl sites for hydroxylation is 3. The Morgan fingerprint density at radius 3 is 2.71 bits per heavy atom. The van der Waals surface area contributed by atoms with E-state index in [1.165, 1.54) is 11.3 Å². The molecule has 0 N–H and O–H groups in total. The van der Waals surface area contributed by atoms with E-state index < -0.39 is 0 Å². The molecule has 2 heterocycles. The van der Waals surface area contributed by atoms with E-state index in [-0.39, 0.29) is 0 Å². The van der Waals surface area contributed by atoms with Crippen molar-refractivity contribution in [2.45, 2.75) is 13.8 Å². The lowest BCUT2D eigenvalue weighted by molar-refractivity contribution is 0.749. The molecule has 0 saturated heterocycles. The predicted octanol–water partition coefficient (Wildman–Crippen LogP) is 2.56. The van der Waals surface area contributed by atoms with Gasteiger partial charge in [-0.1, -0.05) is 0 Å². The van der Waals surface area contributed by atoms with Gasteiger partial charge in [0.1, 0.15) is 11.1 Å². The van der Waals surface area contributed by atoms with Gasteiger partial charge in [0.2, 0.25) is 0 Å². The molecule has 0 atom stereocenters. The molecule has 4 nitrogen and oxygen atoms in total. The molecule has 0 bridgehead atoms. The van der Waals surface area contributed by atoms with Crippen LogP contribution in [0.5, 0.6) is 0 Å². The van der Waals surface area contributed by atoms with E-state index in [2.05, 4.69) is 16.2 Å². The molecule has 0 amide bonds. The van der Waals surface area contributed by atoms with Gasteiger partial charge in [-0.3, -0.25) is 4.68 Å². The monoisotopic (exact) mass is 244 g/mol. The first-order valence-corrected chi connectivity index (χ1v) is 6.03. The van der Waals surface area contributed by atoms with Crippen molar-refractivity contribution in [2.24, 2.45) is 7.05 Å². The van der Waals surface area contributed by atoms with E-state index in [9.17, 15) is 0 Å². The van der Waals surface area contributed by atoms with Crippen molar-refractivity contribution in [3.8, 4) is 6.07 Å². The van der Waals surface area contributed by atoms with Gasteiger partial charge in [0.05, 0.1) is 17.0 Å². The Labute approximate surface area is 104 Å². The van der Waals surface area contributed by atoms with Gasteiger partial charge in [-0.25, -0.2) is 4.98 Å². The second-order valence-electron chi connectivity index (χ2n) is 3.80. The molecule has 0 radical (unpaired) electrons. The third kappa shape index (κ3) is 2.43. The zero-order valence-electron chi connectivity index (χ0n) is 9.93. The largest absolute Gasteiger partial charge is 0.268 e. The molecule has 2 rings (SSSR count). The summed E-state index contributed by atoms with van der Waals surface area (Å²) in [5.41, 5.74) is 3.36. The number of rotatable bonds is 2. The van der Waals surface area contributed by atoms with Crippen molar-refractivity contribution in [3.63, 3.8) is 0 Å². The maximum atomic E-state index is 9.17. The lowest BCUT2D eigenvalue weighted by Gasteiger charge is -1.95. The number of hydrogen-bond donors (Lipinski definition) is 0. The molecule has 2 aromatic heterocycles. The van der Waals surface area contributed by atoms with Crippen LogP contribution in [0.1, 0.15) is 22.1 Å². The highest BCUT2D eigenvalue weighted by Crippen LogP contribution is 2.21. The fourth-order valence-electron chi connectivity index (χ4n) is 1.53. The van der Waals surface area contributed by atoms with Crippen molar-refractivity contribution < 1.29 is 0 Å². The molecule has 0 spiro atoms. The van der Waals surface area contributed by atoms with Crippen LogP contribution in [0.25, 0.3) is 11.6 Å². The van der Waals surface area contributed by atoms with Crippen molar-refractivity contribution in [3.05, 3.63) is 33.5 Å². The molecule has 2 aromatic rings. The third-order valence-corrected chi connectivity index (χ3v) is 3.29. The van der Waals surface area contributed by atoms with Gasteiger partial charge in [-0.2, -0.15) is 10.4 Å². The second-order valence-corrected chi connectivity index (χ2v) is 4.66. The van der Waals surface area contributed by atoms with Gasteiger partial charge in [0, 0.05) is 18.1 Å². The summed E-state index contributed by atoms with van der Waals surface area (Å²) in [4.78, 5) is 4.31. The van der Waals surface area contributed by atoms with Crippen LogP contribution < -0.4 is 0 Å². The Balaban J connectivity index is 2.43. The number of nitrogens with zero attached hydrogens (tertiary/aromatic N) is 4. The number of nitriles is 1. The molecule has 0 aliphatic carbocycles. The highest BCUT2D eigenvalue weighted by molar-refractivity contribution is 7.11. The van der Waals surface area contributed by atoms with E-state index in [1.807, 2.05) is 38.4 Å². The van der Waals surface area contributed by atoms with Gasteiger partial charge >= 0.3 is 0 Å². The number of allylic oxidation sites excluding steroid dienone is 1. The molecule has 0 aliphatic rings. The summed E-state index contributed by atoms with van der Waals surface area (Å²) in [5.74, 6) is 0. The summed E-state index contributed by atoms with van der Waals surface area (Å²) < 4.78 is 1.76. The second kappa shape index (κ2) is 4.52. The highest BCUT2D eigenvalue weighted by atomic mass is 32.1. The Morgan fingerprint density at radius 1 is 1.47 bits per heavy atom. The van der Waals surface area contributed by atoms with E-state index in [0.717, 1.165) is 22.1 Å². The molecule has 0 aliphatic heterocycles. The average molecular weight is 244 g/mol. The van der Waals surface area contributed by atoms with E-state index in [1.54, 1.807) is 4.68 Å². The molecular formula is C12H12N4S. The van der Waals surface area contributed by atoms with Crippen LogP contribution >= 0.6 is 11.3 Å². The molecule has 5 heteroatoms. The number of hydrogen-bond acceptors (Lipinski definition) is 4. The number of aromatic nitrogens is 3. The first kappa shape index (κ1) is 11.6. The zero-order valence-corrected chi connectivity index (χ0v) is 10.7. The van der Waals surface area contributed by atoms with Crippen LogP contribution in [-0.4, -0.2) is 14.8 Å². The maximum absolute atomic E-state index is 9.17. The fraction of sp³-hybridized carbons (Fsp3) is 0.250. The molecule has 0 fully saturated rings. The fourth-order valence-corrected chi connectivity index (χ4v) is 2.30. The minimum atomic E-state index is 0.575. The quantitative estimate of drug-likeness (QED) is 0.763. The van der Waals surface area contributed by atoms with Crippen LogP contribution in [0.3, 0.4) is 0 Å². The van der Waals surface area contributed by atoms with Gasteiger partial charge < -0.3 is 0 Å². The normalized spacial score (nSPS) is 11.5. The Morgan fingerprint density at radius 2 is 2.24 bits per heavy atom. The molecule has 0 unspecified atom stereocenters. The average Bonchev–Trinajstić information content (AvgIpc) is 2.82. The van der Waals surface area contributed by atoms with Gasteiger partial charge in [0.25, 0.3) is 0 Å². The summed E-state index contributed by atoms with van der Waals surface area (Å²) in [6, 6.07) is 4.13. The maximum Gasteiger partial charge on any atom is 0.134 e. The van der Waals surface area contributed by atoms with Gasteiger partial charge in [-0.15, -0.1) is 11.3 Å². The standard InChI is InChI=1S/C12H12N4S/c1-8-4-11(16(3)15-8)5-10(6-13)12-14-9(2)7-17-12/h4-5,7H,1-3H3. The first-order valence-electron chi connectivity index (χ1n) is 5.15. The summed E-state index contributed by atoms with van der Waals surface area (Å²) in [6.07, 6.45) is 1.82. The molecule has 0 saturated carbocycles. The summed E-state index contributed by atoms with van der Waals surface area (Å²) in [7, 11) is 1.86. The van der Waals surface area contributed by atoms with Gasteiger partial charge in [-0.05, 0) is 26.0 Å². The molecule has 17 heavy (non-hydrogen) atoms. The van der Waals surface area contributed by atoms with Gasteiger partial charge in [0.15, 0.2) is 0 Å². The summed E-state index contributed by atoms with van der Waals surface area (Å²) in [5, 5.41) is 16.1. The van der Waals surface area contributed by atoms with E-state index >= 15 is 0 Å². The van der Waals surface area contributed by atoms with E-state index in [4.69, 9.17) is 5.26 Å². The minimum Gasteiger partial charge on any atom is -0.268 e. The summed E-state index contributed by atoms with van der Waals surface area (Å²) >= 11 is 1.48. The Kier molecular flexibility index (Phi) is 3.07. The Hall–Kier alpha value is -1.93. The summed E-state index contributed by atoms with van der Waals surface area (Å²) in [6.45, 7) is 3.85. The number of thiazole rings is 1. The van der Waals surface area contributed by atoms with Crippen LogP contribution in [-0.2, 0) is 7.05 Å². The molecular weight excluding hydrogens is 232 g/mol. The van der Waals surface area contributed by atoms with Crippen molar-refractivity contribution >= 4 is 23.0 Å². The van der Waals surface area contributed by atoms with Crippen LogP contribution in [0.4, 0.5) is 0 Å². The predicted molar refractivity (Wildman–Crippen MR) is 68.3 cm³/mol. The SMILES string of the molecule is Cc1csc(C(C#N)=Cc2cc(C)nn2C)n1. The topological polar surface area (TPSA) is 54.5 Å². The Bertz CT molecular complexity index is 613. The smallest absolute Gasteiger partial charge is 0.134 e. The third-order valence-electron chi connectivity index (χ3n) is 2.30. The first-order chi connectivity index (χ1) is 8.10.